The number of carbonyl (C=O) groups is 1. The summed E-state index contributed by atoms with van der Waals surface area (Å²) in [5.41, 5.74) is 5.49. The van der Waals surface area contributed by atoms with Crippen molar-refractivity contribution in [3.8, 4) is 0 Å². The first-order valence-corrected chi connectivity index (χ1v) is 4.51. The van der Waals surface area contributed by atoms with Crippen LogP contribution in [0.3, 0.4) is 0 Å². The molecule has 0 atom stereocenters. The highest BCUT2D eigenvalue weighted by atomic mass is 16.4. The van der Waals surface area contributed by atoms with Crippen molar-refractivity contribution in [2.24, 2.45) is 0 Å². The molecule has 0 aliphatic heterocycles. The van der Waals surface area contributed by atoms with Gasteiger partial charge in [-0.1, -0.05) is 19.9 Å². The number of nitrogen functional groups attached to an aromatic ring is 1. The predicted octanol–water partition coefficient (Wildman–Crippen LogP) is -0.327. The lowest BCUT2D eigenvalue weighted by Crippen LogP contribution is -2.30. The van der Waals surface area contributed by atoms with E-state index in [2.05, 4.69) is 0 Å². The van der Waals surface area contributed by atoms with E-state index < -0.39 is 13.1 Å². The smallest absolute Gasteiger partial charge is 0.478 e. The van der Waals surface area contributed by atoms with E-state index in [4.69, 9.17) is 20.9 Å². The SMILES string of the molecule is CC.Nc1cc(B(O)O)ccc1C(=O)O. The fourth-order valence-corrected chi connectivity index (χ4v) is 0.937. The molecule has 0 saturated heterocycles. The van der Waals surface area contributed by atoms with E-state index in [0.717, 1.165) is 0 Å². The molecule has 1 aromatic rings. The number of anilines is 1. The standard InChI is InChI=1S/C7H8BNO4.C2H6/c9-6-3-4(8(12)13)1-2-5(6)7(10)11;1-2/h1-3,12-13H,9H2,(H,10,11);1-2H3. The lowest BCUT2D eigenvalue weighted by molar-refractivity contribution is 0.0698. The van der Waals surface area contributed by atoms with E-state index >= 15 is 0 Å². The van der Waals surface area contributed by atoms with Crippen LogP contribution in [-0.4, -0.2) is 28.2 Å². The molecule has 0 aliphatic carbocycles. The van der Waals surface area contributed by atoms with Gasteiger partial charge in [0.05, 0.1) is 5.56 Å². The van der Waals surface area contributed by atoms with Gasteiger partial charge >= 0.3 is 13.1 Å². The van der Waals surface area contributed by atoms with Crippen molar-refractivity contribution in [3.63, 3.8) is 0 Å². The molecule has 0 bridgehead atoms. The first-order valence-electron chi connectivity index (χ1n) is 4.51. The van der Waals surface area contributed by atoms with Gasteiger partial charge in [-0.05, 0) is 17.6 Å². The second-order valence-electron chi connectivity index (χ2n) is 2.53. The Bertz CT molecular complexity index is 341. The van der Waals surface area contributed by atoms with Crippen LogP contribution in [-0.2, 0) is 0 Å². The molecule has 0 spiro atoms. The van der Waals surface area contributed by atoms with Gasteiger partial charge in [0.25, 0.3) is 0 Å². The minimum absolute atomic E-state index is 0.0121. The number of nitrogens with two attached hydrogens (primary N) is 1. The topological polar surface area (TPSA) is 104 Å². The monoisotopic (exact) mass is 211 g/mol. The highest BCUT2D eigenvalue weighted by Crippen LogP contribution is 2.08. The fraction of sp³-hybridized carbons (Fsp3) is 0.222. The number of hydrogen-bond donors (Lipinski definition) is 4. The third-order valence-corrected chi connectivity index (χ3v) is 1.60. The van der Waals surface area contributed by atoms with Gasteiger partial charge in [-0.2, -0.15) is 0 Å². The molecule has 0 unspecified atom stereocenters. The molecular formula is C9H14BNO4. The highest BCUT2D eigenvalue weighted by molar-refractivity contribution is 6.58. The summed E-state index contributed by atoms with van der Waals surface area (Å²) in [6, 6.07) is 3.74. The summed E-state index contributed by atoms with van der Waals surface area (Å²) in [5, 5.41) is 26.1. The Labute approximate surface area is 88.3 Å². The second-order valence-corrected chi connectivity index (χ2v) is 2.53. The van der Waals surface area contributed by atoms with Crippen molar-refractivity contribution in [1.29, 1.82) is 0 Å². The molecule has 0 aliphatic rings. The summed E-state index contributed by atoms with van der Waals surface area (Å²) in [4.78, 5) is 10.5. The Morgan fingerprint density at radius 2 is 1.87 bits per heavy atom. The van der Waals surface area contributed by atoms with E-state index in [9.17, 15) is 4.79 Å². The zero-order valence-corrected chi connectivity index (χ0v) is 8.64. The predicted molar refractivity (Wildman–Crippen MR) is 59.0 cm³/mol. The van der Waals surface area contributed by atoms with Gasteiger partial charge in [-0.3, -0.25) is 0 Å². The average molecular weight is 211 g/mol. The van der Waals surface area contributed by atoms with E-state index in [1.807, 2.05) is 13.8 Å². The number of hydrogen-bond acceptors (Lipinski definition) is 4. The Hall–Kier alpha value is -1.53. The molecular weight excluding hydrogens is 197 g/mol. The van der Waals surface area contributed by atoms with Crippen molar-refractivity contribution >= 4 is 24.2 Å². The Balaban J connectivity index is 0.000000921. The van der Waals surface area contributed by atoms with E-state index in [0.29, 0.717) is 0 Å². The van der Waals surface area contributed by atoms with Crippen LogP contribution in [0.15, 0.2) is 18.2 Å². The van der Waals surface area contributed by atoms with Crippen LogP contribution in [0.5, 0.6) is 0 Å². The molecule has 0 fully saturated rings. The van der Waals surface area contributed by atoms with Crippen LogP contribution >= 0.6 is 0 Å². The molecule has 1 rings (SSSR count). The zero-order chi connectivity index (χ0) is 12.0. The molecule has 0 heterocycles. The Morgan fingerprint density at radius 3 is 2.20 bits per heavy atom. The van der Waals surface area contributed by atoms with Crippen molar-refractivity contribution in [2.75, 3.05) is 5.73 Å². The summed E-state index contributed by atoms with van der Waals surface area (Å²) in [5.74, 6) is -1.14. The van der Waals surface area contributed by atoms with Gasteiger partial charge in [-0.25, -0.2) is 4.79 Å². The largest absolute Gasteiger partial charge is 0.488 e. The van der Waals surface area contributed by atoms with E-state index in [1.165, 1.54) is 18.2 Å². The van der Waals surface area contributed by atoms with Crippen molar-refractivity contribution in [1.82, 2.24) is 0 Å². The van der Waals surface area contributed by atoms with Crippen molar-refractivity contribution < 1.29 is 19.9 Å². The quantitative estimate of drug-likeness (QED) is 0.396. The molecule has 6 heteroatoms. The third-order valence-electron chi connectivity index (χ3n) is 1.60. The first kappa shape index (κ1) is 13.5. The van der Waals surface area contributed by atoms with Gasteiger partial charge in [0.2, 0.25) is 0 Å². The minimum atomic E-state index is -1.63. The first-order chi connectivity index (χ1) is 7.02. The second kappa shape index (κ2) is 6.05. The summed E-state index contributed by atoms with van der Waals surface area (Å²) >= 11 is 0. The van der Waals surface area contributed by atoms with Crippen LogP contribution < -0.4 is 11.2 Å². The van der Waals surface area contributed by atoms with Gasteiger partial charge in [-0.15, -0.1) is 0 Å². The maximum absolute atomic E-state index is 10.5. The van der Waals surface area contributed by atoms with E-state index in [1.54, 1.807) is 0 Å². The number of carboxylic acid groups (broad SMARTS) is 1. The van der Waals surface area contributed by atoms with Crippen LogP contribution in [0.4, 0.5) is 5.69 Å². The average Bonchev–Trinajstić information content (AvgIpc) is 2.20. The minimum Gasteiger partial charge on any atom is -0.478 e. The maximum atomic E-state index is 10.5. The van der Waals surface area contributed by atoms with E-state index in [-0.39, 0.29) is 16.7 Å². The Kier molecular flexibility index (Phi) is 5.44. The van der Waals surface area contributed by atoms with Crippen LogP contribution in [0.2, 0.25) is 0 Å². The lowest BCUT2D eigenvalue weighted by atomic mass is 9.79. The van der Waals surface area contributed by atoms with Crippen LogP contribution in [0, 0.1) is 0 Å². The van der Waals surface area contributed by atoms with Crippen molar-refractivity contribution in [2.45, 2.75) is 13.8 Å². The lowest BCUT2D eigenvalue weighted by Gasteiger charge is -2.03. The van der Waals surface area contributed by atoms with Crippen LogP contribution in [0.1, 0.15) is 24.2 Å². The van der Waals surface area contributed by atoms with Crippen LogP contribution in [0.25, 0.3) is 0 Å². The number of rotatable bonds is 2. The zero-order valence-electron chi connectivity index (χ0n) is 8.64. The molecule has 1 aromatic carbocycles. The summed E-state index contributed by atoms with van der Waals surface area (Å²) < 4.78 is 0. The molecule has 0 saturated carbocycles. The third kappa shape index (κ3) is 3.61. The van der Waals surface area contributed by atoms with Gasteiger partial charge in [0.1, 0.15) is 0 Å². The highest BCUT2D eigenvalue weighted by Gasteiger charge is 2.14. The molecule has 0 amide bonds. The molecule has 15 heavy (non-hydrogen) atoms. The van der Waals surface area contributed by atoms with Gasteiger partial charge in [0.15, 0.2) is 0 Å². The fourth-order valence-electron chi connectivity index (χ4n) is 0.937. The van der Waals surface area contributed by atoms with Crippen molar-refractivity contribution in [3.05, 3.63) is 23.8 Å². The normalized spacial score (nSPS) is 8.80. The number of carboxylic acids is 1. The number of aromatic carboxylic acids is 1. The molecule has 82 valence electrons. The molecule has 0 aromatic heterocycles. The maximum Gasteiger partial charge on any atom is 0.488 e. The van der Waals surface area contributed by atoms with Gasteiger partial charge in [0, 0.05) is 5.69 Å². The number of benzene rings is 1. The summed E-state index contributed by atoms with van der Waals surface area (Å²) in [6.45, 7) is 4.00. The molecule has 5 N–H and O–H groups in total. The molecule has 5 nitrogen and oxygen atoms in total. The summed E-state index contributed by atoms with van der Waals surface area (Å²) in [6.07, 6.45) is 0. The Morgan fingerprint density at radius 1 is 1.33 bits per heavy atom. The molecule has 0 radical (unpaired) electrons. The van der Waals surface area contributed by atoms with Gasteiger partial charge < -0.3 is 20.9 Å². The summed E-state index contributed by atoms with van der Waals surface area (Å²) in [7, 11) is -1.63.